The Bertz CT molecular complexity index is 859. The van der Waals surface area contributed by atoms with Crippen LogP contribution in [0, 0.1) is 0 Å². The molecule has 134 valence electrons. The normalized spacial score (nSPS) is 14.0. The monoisotopic (exact) mass is 348 g/mol. The highest BCUT2D eigenvalue weighted by atomic mass is 16.2. The summed E-state index contributed by atoms with van der Waals surface area (Å²) in [7, 11) is 0. The Kier molecular flexibility index (Phi) is 4.94. The zero-order valence-corrected chi connectivity index (χ0v) is 15.4. The largest absolute Gasteiger partial charge is 0.326 e. The second-order valence-electron chi connectivity index (χ2n) is 7.61. The maximum atomic E-state index is 12.2. The molecule has 0 unspecified atom stereocenters. The van der Waals surface area contributed by atoms with Crippen LogP contribution in [0.2, 0.25) is 0 Å². The van der Waals surface area contributed by atoms with Crippen LogP contribution in [0.1, 0.15) is 43.9 Å². The molecular weight excluding hydrogens is 324 g/mol. The number of carbonyl (C=O) groups is 2. The van der Waals surface area contributed by atoms with E-state index in [0.29, 0.717) is 12.1 Å². The summed E-state index contributed by atoms with van der Waals surface area (Å²) in [5.74, 6) is -0.188. The van der Waals surface area contributed by atoms with Gasteiger partial charge in [-0.3, -0.25) is 9.59 Å². The van der Waals surface area contributed by atoms with Crippen molar-refractivity contribution in [1.82, 2.24) is 0 Å². The number of carbonyl (C=O) groups excluding carboxylic acids is 2. The number of anilines is 2. The predicted molar refractivity (Wildman–Crippen MR) is 106 cm³/mol. The van der Waals surface area contributed by atoms with Gasteiger partial charge in [0.2, 0.25) is 11.8 Å². The predicted octanol–water partition coefficient (Wildman–Crippen LogP) is 4.52. The summed E-state index contributed by atoms with van der Waals surface area (Å²) in [5.41, 5.74) is 4.89. The lowest BCUT2D eigenvalue weighted by Crippen LogP contribution is -2.19. The molecule has 0 spiro atoms. The van der Waals surface area contributed by atoms with Crippen molar-refractivity contribution in [2.45, 2.75) is 39.0 Å². The van der Waals surface area contributed by atoms with E-state index in [1.165, 1.54) is 11.6 Å². The molecule has 2 amide bonds. The van der Waals surface area contributed by atoms with Crippen LogP contribution in [0.3, 0.4) is 0 Å². The molecule has 1 heterocycles. The molecule has 0 aliphatic carbocycles. The van der Waals surface area contributed by atoms with Gasteiger partial charge in [0.1, 0.15) is 0 Å². The lowest BCUT2D eigenvalue weighted by Gasteiger charge is -2.18. The van der Waals surface area contributed by atoms with Gasteiger partial charge in [0.05, 0.1) is 0 Å². The van der Waals surface area contributed by atoms with E-state index in [2.05, 4.69) is 43.5 Å². The standard InChI is InChI=1S/C22H24N2O2/c1-22(2,3)17-9-4-15(5-10-17)6-12-20(25)23-18-11-7-16-8-13-21(26)24-19(16)14-18/h4-7,9-12,14H,8,13H2,1-3H3,(H,23,25)(H,24,26). The molecule has 4 heteroatoms. The van der Waals surface area contributed by atoms with Crippen molar-refractivity contribution >= 4 is 29.3 Å². The van der Waals surface area contributed by atoms with Gasteiger partial charge in [0.15, 0.2) is 0 Å². The summed E-state index contributed by atoms with van der Waals surface area (Å²) in [6, 6.07) is 13.8. The molecule has 2 N–H and O–H groups in total. The van der Waals surface area contributed by atoms with Gasteiger partial charge in [-0.2, -0.15) is 0 Å². The van der Waals surface area contributed by atoms with E-state index in [1.807, 2.05) is 24.3 Å². The SMILES string of the molecule is CC(C)(C)c1ccc(C=CC(=O)Nc2ccc3c(c2)NC(=O)CC3)cc1. The molecule has 0 atom stereocenters. The van der Waals surface area contributed by atoms with Crippen LogP contribution in [0.25, 0.3) is 6.08 Å². The van der Waals surface area contributed by atoms with Gasteiger partial charge in [-0.25, -0.2) is 0 Å². The average Bonchev–Trinajstić information content (AvgIpc) is 2.59. The number of fused-ring (bicyclic) bond motifs is 1. The molecular formula is C22H24N2O2. The van der Waals surface area contributed by atoms with Crippen LogP contribution in [-0.4, -0.2) is 11.8 Å². The lowest BCUT2D eigenvalue weighted by atomic mass is 9.87. The molecule has 2 aromatic carbocycles. The van der Waals surface area contributed by atoms with E-state index in [4.69, 9.17) is 0 Å². The van der Waals surface area contributed by atoms with E-state index in [1.54, 1.807) is 12.1 Å². The Hall–Kier alpha value is -2.88. The topological polar surface area (TPSA) is 58.2 Å². The van der Waals surface area contributed by atoms with Gasteiger partial charge < -0.3 is 10.6 Å². The molecule has 1 aliphatic rings. The van der Waals surface area contributed by atoms with Gasteiger partial charge in [0.25, 0.3) is 0 Å². The van der Waals surface area contributed by atoms with E-state index in [0.717, 1.165) is 23.2 Å². The van der Waals surface area contributed by atoms with Crippen molar-refractivity contribution in [1.29, 1.82) is 0 Å². The Labute approximate surface area is 154 Å². The third-order valence-corrected chi connectivity index (χ3v) is 4.48. The molecule has 26 heavy (non-hydrogen) atoms. The number of amides is 2. The van der Waals surface area contributed by atoms with Crippen molar-refractivity contribution in [2.75, 3.05) is 10.6 Å². The van der Waals surface area contributed by atoms with Crippen LogP contribution in [-0.2, 0) is 21.4 Å². The number of nitrogens with one attached hydrogen (secondary N) is 2. The molecule has 3 rings (SSSR count). The van der Waals surface area contributed by atoms with Crippen molar-refractivity contribution in [3.05, 3.63) is 65.2 Å². The van der Waals surface area contributed by atoms with Crippen molar-refractivity contribution in [2.24, 2.45) is 0 Å². The Morgan fingerprint density at radius 2 is 1.81 bits per heavy atom. The molecule has 0 saturated heterocycles. The summed E-state index contributed by atoms with van der Waals surface area (Å²) >= 11 is 0. The first-order valence-corrected chi connectivity index (χ1v) is 8.84. The van der Waals surface area contributed by atoms with Crippen molar-refractivity contribution < 1.29 is 9.59 Å². The van der Waals surface area contributed by atoms with Gasteiger partial charge in [0, 0.05) is 23.9 Å². The molecule has 0 fully saturated rings. The maximum Gasteiger partial charge on any atom is 0.248 e. The number of aryl methyl sites for hydroxylation is 1. The van der Waals surface area contributed by atoms with Gasteiger partial charge in [-0.15, -0.1) is 0 Å². The number of hydrogen-bond acceptors (Lipinski definition) is 2. The summed E-state index contributed by atoms with van der Waals surface area (Å²) in [4.78, 5) is 23.7. The molecule has 0 saturated carbocycles. The van der Waals surface area contributed by atoms with E-state index < -0.39 is 0 Å². The molecule has 2 aromatic rings. The maximum absolute atomic E-state index is 12.2. The summed E-state index contributed by atoms with van der Waals surface area (Å²) in [6.45, 7) is 6.52. The van der Waals surface area contributed by atoms with E-state index >= 15 is 0 Å². The van der Waals surface area contributed by atoms with Gasteiger partial charge >= 0.3 is 0 Å². The van der Waals surface area contributed by atoms with Gasteiger partial charge in [-0.1, -0.05) is 51.1 Å². The minimum atomic E-state index is -0.202. The fourth-order valence-corrected chi connectivity index (χ4v) is 2.90. The third-order valence-electron chi connectivity index (χ3n) is 4.48. The summed E-state index contributed by atoms with van der Waals surface area (Å²) < 4.78 is 0. The molecule has 0 radical (unpaired) electrons. The number of hydrogen-bond donors (Lipinski definition) is 2. The number of benzene rings is 2. The van der Waals surface area contributed by atoms with Crippen molar-refractivity contribution in [3.63, 3.8) is 0 Å². The van der Waals surface area contributed by atoms with Crippen LogP contribution in [0.5, 0.6) is 0 Å². The van der Waals surface area contributed by atoms with Crippen LogP contribution in [0.4, 0.5) is 11.4 Å². The Balaban J connectivity index is 1.64. The quantitative estimate of drug-likeness (QED) is 0.801. The van der Waals surface area contributed by atoms with Crippen LogP contribution >= 0.6 is 0 Å². The second-order valence-corrected chi connectivity index (χ2v) is 7.61. The second kappa shape index (κ2) is 7.16. The number of rotatable bonds is 3. The minimum Gasteiger partial charge on any atom is -0.326 e. The minimum absolute atomic E-state index is 0.0135. The fraction of sp³-hybridized carbons (Fsp3) is 0.273. The molecule has 4 nitrogen and oxygen atoms in total. The smallest absolute Gasteiger partial charge is 0.248 e. The first kappa shape index (κ1) is 17.9. The van der Waals surface area contributed by atoms with Gasteiger partial charge in [-0.05, 0) is 46.7 Å². The van der Waals surface area contributed by atoms with E-state index in [-0.39, 0.29) is 17.2 Å². The third kappa shape index (κ3) is 4.39. The van der Waals surface area contributed by atoms with Crippen LogP contribution in [0.15, 0.2) is 48.5 Å². The Morgan fingerprint density at radius 3 is 2.50 bits per heavy atom. The molecule has 0 aromatic heterocycles. The molecule has 1 aliphatic heterocycles. The first-order chi connectivity index (χ1) is 12.3. The first-order valence-electron chi connectivity index (χ1n) is 8.84. The Morgan fingerprint density at radius 1 is 1.08 bits per heavy atom. The summed E-state index contributed by atoms with van der Waals surface area (Å²) in [6.07, 6.45) is 4.56. The van der Waals surface area contributed by atoms with E-state index in [9.17, 15) is 9.59 Å². The van der Waals surface area contributed by atoms with Crippen molar-refractivity contribution in [3.8, 4) is 0 Å². The fourth-order valence-electron chi connectivity index (χ4n) is 2.90. The summed E-state index contributed by atoms with van der Waals surface area (Å²) in [5, 5.41) is 5.68. The highest BCUT2D eigenvalue weighted by Gasteiger charge is 2.15. The highest BCUT2D eigenvalue weighted by Crippen LogP contribution is 2.26. The average molecular weight is 348 g/mol. The lowest BCUT2D eigenvalue weighted by molar-refractivity contribution is -0.116. The van der Waals surface area contributed by atoms with Crippen LogP contribution < -0.4 is 10.6 Å². The zero-order chi connectivity index (χ0) is 18.7. The zero-order valence-electron chi connectivity index (χ0n) is 15.4. The molecule has 0 bridgehead atoms. The highest BCUT2D eigenvalue weighted by molar-refractivity contribution is 6.03.